The monoisotopic (exact) mass is 292 g/mol. The van der Waals surface area contributed by atoms with Crippen LogP contribution in [0.3, 0.4) is 0 Å². The Kier molecular flexibility index (Phi) is 4.14. The third-order valence-corrected chi connectivity index (χ3v) is 4.01. The van der Waals surface area contributed by atoms with Crippen LogP contribution in [0.1, 0.15) is 28.3 Å². The average Bonchev–Trinajstić information content (AvgIpc) is 2.62. The first-order valence-electron chi connectivity index (χ1n) is 6.38. The van der Waals surface area contributed by atoms with Crippen molar-refractivity contribution in [3.8, 4) is 0 Å². The van der Waals surface area contributed by atoms with Crippen molar-refractivity contribution < 1.29 is 9.90 Å². The highest BCUT2D eigenvalue weighted by atomic mass is 35.5. The van der Waals surface area contributed by atoms with Gasteiger partial charge in [0.25, 0.3) is 0 Å². The number of aryl methyl sites for hydroxylation is 3. The standard InChI is InChI=1S/C15H17ClN2O2/c1-9-6-4-5-7-11(9)13(15(19)20)8-12-10(2)17-18(3)14(12)16/h4-7,13H,8H2,1-3H3,(H,19,20). The predicted octanol–water partition coefficient (Wildman–Crippen LogP) is 3.10. The highest BCUT2D eigenvalue weighted by molar-refractivity contribution is 6.30. The fourth-order valence-corrected chi connectivity index (χ4v) is 2.67. The van der Waals surface area contributed by atoms with Crippen LogP contribution in [0.5, 0.6) is 0 Å². The number of rotatable bonds is 4. The van der Waals surface area contributed by atoms with Crippen LogP contribution in [0.4, 0.5) is 0 Å². The molecule has 1 heterocycles. The molecule has 0 spiro atoms. The number of halogens is 1. The predicted molar refractivity (Wildman–Crippen MR) is 78.2 cm³/mol. The van der Waals surface area contributed by atoms with Gasteiger partial charge in [-0.25, -0.2) is 0 Å². The van der Waals surface area contributed by atoms with E-state index < -0.39 is 11.9 Å². The summed E-state index contributed by atoms with van der Waals surface area (Å²) < 4.78 is 1.57. The molecule has 2 rings (SSSR count). The zero-order valence-corrected chi connectivity index (χ0v) is 12.5. The molecule has 0 aliphatic heterocycles. The van der Waals surface area contributed by atoms with E-state index in [-0.39, 0.29) is 0 Å². The summed E-state index contributed by atoms with van der Waals surface area (Å²) in [6.07, 6.45) is 0.346. The summed E-state index contributed by atoms with van der Waals surface area (Å²) in [6, 6.07) is 7.53. The number of carboxylic acids is 1. The Balaban J connectivity index is 2.41. The summed E-state index contributed by atoms with van der Waals surface area (Å²) in [5, 5.41) is 14.3. The fourth-order valence-electron chi connectivity index (χ4n) is 2.42. The Morgan fingerprint density at radius 1 is 1.40 bits per heavy atom. The van der Waals surface area contributed by atoms with Crippen molar-refractivity contribution in [2.75, 3.05) is 0 Å². The Bertz CT molecular complexity index is 649. The van der Waals surface area contributed by atoms with Crippen molar-refractivity contribution in [1.29, 1.82) is 0 Å². The summed E-state index contributed by atoms with van der Waals surface area (Å²) in [5.74, 6) is -1.46. The van der Waals surface area contributed by atoms with E-state index >= 15 is 0 Å². The maximum atomic E-state index is 11.6. The molecule has 2 aromatic rings. The highest BCUT2D eigenvalue weighted by Crippen LogP contribution is 2.29. The molecule has 20 heavy (non-hydrogen) atoms. The molecule has 1 atom stereocenters. The minimum atomic E-state index is -0.849. The SMILES string of the molecule is Cc1ccccc1C(Cc1c(C)nn(C)c1Cl)C(=O)O. The molecule has 0 fully saturated rings. The van der Waals surface area contributed by atoms with Gasteiger partial charge in [-0.15, -0.1) is 0 Å². The third kappa shape index (κ3) is 2.70. The molecule has 106 valence electrons. The Labute approximate surface area is 123 Å². The molecule has 0 saturated carbocycles. The lowest BCUT2D eigenvalue weighted by molar-refractivity contribution is -0.138. The summed E-state index contributed by atoms with van der Waals surface area (Å²) in [7, 11) is 1.75. The lowest BCUT2D eigenvalue weighted by Crippen LogP contribution is -2.16. The second-order valence-corrected chi connectivity index (χ2v) is 5.29. The van der Waals surface area contributed by atoms with Crippen molar-refractivity contribution >= 4 is 17.6 Å². The normalized spacial score (nSPS) is 12.4. The molecular formula is C15H17ClN2O2. The van der Waals surface area contributed by atoms with E-state index in [0.717, 1.165) is 22.4 Å². The first kappa shape index (κ1) is 14.6. The summed E-state index contributed by atoms with van der Waals surface area (Å²) in [4.78, 5) is 11.6. The number of benzene rings is 1. The van der Waals surface area contributed by atoms with Gasteiger partial charge >= 0.3 is 5.97 Å². The highest BCUT2D eigenvalue weighted by Gasteiger charge is 2.25. The molecule has 0 aliphatic rings. The Hall–Kier alpha value is -1.81. The lowest BCUT2D eigenvalue weighted by Gasteiger charge is -2.15. The van der Waals surface area contributed by atoms with Crippen molar-refractivity contribution in [3.05, 3.63) is 51.8 Å². The van der Waals surface area contributed by atoms with Crippen molar-refractivity contribution in [1.82, 2.24) is 9.78 Å². The molecular weight excluding hydrogens is 276 g/mol. The van der Waals surface area contributed by atoms with Gasteiger partial charge in [-0.05, 0) is 31.4 Å². The van der Waals surface area contributed by atoms with Crippen LogP contribution >= 0.6 is 11.6 Å². The van der Waals surface area contributed by atoms with Crippen molar-refractivity contribution in [2.45, 2.75) is 26.2 Å². The topological polar surface area (TPSA) is 55.1 Å². The van der Waals surface area contributed by atoms with Crippen LogP contribution < -0.4 is 0 Å². The summed E-state index contributed by atoms with van der Waals surface area (Å²) in [6.45, 7) is 3.76. The van der Waals surface area contributed by atoms with E-state index in [1.54, 1.807) is 11.7 Å². The van der Waals surface area contributed by atoms with E-state index in [1.807, 2.05) is 38.1 Å². The number of nitrogens with zero attached hydrogens (tertiary/aromatic N) is 2. The van der Waals surface area contributed by atoms with Gasteiger partial charge in [0.15, 0.2) is 0 Å². The molecule has 1 aromatic heterocycles. The van der Waals surface area contributed by atoms with E-state index in [1.165, 1.54) is 0 Å². The van der Waals surface area contributed by atoms with Crippen LogP contribution in [0, 0.1) is 13.8 Å². The van der Waals surface area contributed by atoms with Gasteiger partial charge in [-0.3, -0.25) is 9.48 Å². The first-order chi connectivity index (χ1) is 9.41. The number of carboxylic acid groups (broad SMARTS) is 1. The quantitative estimate of drug-likeness (QED) is 0.942. The zero-order valence-electron chi connectivity index (χ0n) is 11.7. The molecule has 0 radical (unpaired) electrons. The van der Waals surface area contributed by atoms with Gasteiger partial charge in [0.05, 0.1) is 11.6 Å². The molecule has 1 N–H and O–H groups in total. The van der Waals surface area contributed by atoms with Crippen LogP contribution in [-0.4, -0.2) is 20.9 Å². The van der Waals surface area contributed by atoms with Crippen LogP contribution in [0.25, 0.3) is 0 Å². The minimum Gasteiger partial charge on any atom is -0.481 e. The van der Waals surface area contributed by atoms with Gasteiger partial charge in [-0.1, -0.05) is 35.9 Å². The molecule has 0 bridgehead atoms. The molecule has 1 aromatic carbocycles. The number of aromatic nitrogens is 2. The van der Waals surface area contributed by atoms with Crippen LogP contribution in [0.15, 0.2) is 24.3 Å². The second-order valence-electron chi connectivity index (χ2n) is 4.93. The molecule has 4 nitrogen and oxygen atoms in total. The molecule has 5 heteroatoms. The zero-order chi connectivity index (χ0) is 14.9. The Morgan fingerprint density at radius 2 is 2.05 bits per heavy atom. The fraction of sp³-hybridized carbons (Fsp3) is 0.333. The van der Waals surface area contributed by atoms with E-state index in [2.05, 4.69) is 5.10 Å². The van der Waals surface area contributed by atoms with Gasteiger partial charge in [0.2, 0.25) is 0 Å². The molecule has 0 amide bonds. The minimum absolute atomic E-state index is 0.346. The second kappa shape index (κ2) is 5.67. The number of hydrogen-bond donors (Lipinski definition) is 1. The number of aliphatic carboxylic acids is 1. The van der Waals surface area contributed by atoms with Crippen LogP contribution in [0.2, 0.25) is 5.15 Å². The van der Waals surface area contributed by atoms with Crippen LogP contribution in [-0.2, 0) is 18.3 Å². The molecule has 0 aliphatic carbocycles. The number of hydrogen-bond acceptors (Lipinski definition) is 2. The lowest BCUT2D eigenvalue weighted by atomic mass is 9.89. The first-order valence-corrected chi connectivity index (χ1v) is 6.76. The van der Waals surface area contributed by atoms with Gasteiger partial charge in [-0.2, -0.15) is 5.10 Å². The third-order valence-electron chi connectivity index (χ3n) is 3.54. The van der Waals surface area contributed by atoms with E-state index in [0.29, 0.717) is 11.6 Å². The molecule has 1 unspecified atom stereocenters. The molecule has 0 saturated heterocycles. The smallest absolute Gasteiger partial charge is 0.311 e. The van der Waals surface area contributed by atoms with Gasteiger partial charge in [0.1, 0.15) is 5.15 Å². The summed E-state index contributed by atoms with van der Waals surface area (Å²) >= 11 is 6.20. The summed E-state index contributed by atoms with van der Waals surface area (Å²) in [5.41, 5.74) is 3.36. The average molecular weight is 293 g/mol. The van der Waals surface area contributed by atoms with Crippen molar-refractivity contribution in [3.63, 3.8) is 0 Å². The van der Waals surface area contributed by atoms with Gasteiger partial charge in [0, 0.05) is 12.6 Å². The van der Waals surface area contributed by atoms with Crippen molar-refractivity contribution in [2.24, 2.45) is 7.05 Å². The number of carbonyl (C=O) groups is 1. The van der Waals surface area contributed by atoms with E-state index in [9.17, 15) is 9.90 Å². The maximum absolute atomic E-state index is 11.6. The Morgan fingerprint density at radius 3 is 2.55 bits per heavy atom. The largest absolute Gasteiger partial charge is 0.481 e. The van der Waals surface area contributed by atoms with E-state index in [4.69, 9.17) is 11.6 Å². The maximum Gasteiger partial charge on any atom is 0.311 e. The van der Waals surface area contributed by atoms with Gasteiger partial charge < -0.3 is 5.11 Å².